The number of rotatable bonds is 7. The maximum atomic E-state index is 3.82. The summed E-state index contributed by atoms with van der Waals surface area (Å²) in [7, 11) is 0. The van der Waals surface area contributed by atoms with Crippen LogP contribution in [0.15, 0.2) is 176 Å². The van der Waals surface area contributed by atoms with Crippen LogP contribution in [0.5, 0.6) is 0 Å². The minimum absolute atomic E-state index is 0.574. The van der Waals surface area contributed by atoms with E-state index >= 15 is 0 Å². The Balaban J connectivity index is 1.49. The molecule has 0 bridgehead atoms. The molecular formula is C44H34N2. The summed E-state index contributed by atoms with van der Waals surface area (Å²) in [5.74, 6) is 0. The fourth-order valence-corrected chi connectivity index (χ4v) is 7.23. The number of fused-ring (bicyclic) bond motifs is 3. The lowest BCUT2D eigenvalue weighted by Gasteiger charge is -2.36. The van der Waals surface area contributed by atoms with Crippen molar-refractivity contribution in [2.75, 3.05) is 10.6 Å². The molecule has 0 atom stereocenters. The zero-order chi connectivity index (χ0) is 30.9. The van der Waals surface area contributed by atoms with Crippen LogP contribution in [0.1, 0.15) is 27.8 Å². The Bertz CT molecular complexity index is 2100. The molecule has 1 aliphatic carbocycles. The van der Waals surface area contributed by atoms with Gasteiger partial charge in [-0.2, -0.15) is 0 Å². The first-order valence-electron chi connectivity index (χ1n) is 15.9. The molecule has 0 heterocycles. The van der Waals surface area contributed by atoms with E-state index in [1.165, 1.54) is 50.1 Å². The first kappa shape index (κ1) is 27.7. The van der Waals surface area contributed by atoms with Crippen molar-refractivity contribution >= 4 is 22.7 Å². The van der Waals surface area contributed by atoms with Crippen LogP contribution in [0.3, 0.4) is 0 Å². The maximum Gasteiger partial charge on any atom is 0.0721 e. The molecule has 8 rings (SSSR count). The highest BCUT2D eigenvalue weighted by atomic mass is 14.9. The first-order valence-corrected chi connectivity index (χ1v) is 15.9. The van der Waals surface area contributed by atoms with E-state index in [9.17, 15) is 0 Å². The molecule has 46 heavy (non-hydrogen) atoms. The van der Waals surface area contributed by atoms with E-state index in [2.05, 4.69) is 187 Å². The number of nitrogens with one attached hydrogen (secondary N) is 2. The standard InChI is InChI=1S/C44H34N2/c1-31-15-14-16-32(29-31)42-41(46-36-23-12-5-13-24-36)28-27-39-38-26-25-37(45-35-21-10-4-11-22-35)30-40(38)44(43(39)42,33-17-6-2-7-18-33)34-19-8-3-9-20-34/h2-30,45-46H,1H3. The van der Waals surface area contributed by atoms with Gasteiger partial charge in [-0.1, -0.05) is 139 Å². The Morgan fingerprint density at radius 2 is 1.00 bits per heavy atom. The second-order valence-electron chi connectivity index (χ2n) is 12.0. The van der Waals surface area contributed by atoms with Crippen molar-refractivity contribution in [1.82, 2.24) is 0 Å². The molecule has 0 aliphatic heterocycles. The predicted octanol–water partition coefficient (Wildman–Crippen LogP) is 11.5. The normalized spacial score (nSPS) is 12.6. The molecule has 220 valence electrons. The lowest BCUT2D eigenvalue weighted by atomic mass is 9.66. The summed E-state index contributed by atoms with van der Waals surface area (Å²) in [5, 5.41) is 7.51. The third-order valence-electron chi connectivity index (χ3n) is 9.13. The van der Waals surface area contributed by atoms with E-state index in [1.54, 1.807) is 0 Å². The third kappa shape index (κ3) is 4.67. The summed E-state index contributed by atoms with van der Waals surface area (Å²) in [5.41, 5.74) is 14.9. The van der Waals surface area contributed by atoms with Gasteiger partial charge in [0.2, 0.25) is 0 Å². The number of hydrogen-bond donors (Lipinski definition) is 2. The molecule has 7 aromatic rings. The molecule has 2 N–H and O–H groups in total. The molecule has 0 saturated heterocycles. The van der Waals surface area contributed by atoms with Gasteiger partial charge in [0, 0.05) is 28.3 Å². The minimum atomic E-state index is -0.574. The van der Waals surface area contributed by atoms with Gasteiger partial charge in [0.15, 0.2) is 0 Å². The van der Waals surface area contributed by atoms with Crippen LogP contribution in [-0.4, -0.2) is 0 Å². The van der Waals surface area contributed by atoms with Gasteiger partial charge >= 0.3 is 0 Å². The Kier molecular flexibility index (Phi) is 6.96. The monoisotopic (exact) mass is 590 g/mol. The zero-order valence-electron chi connectivity index (χ0n) is 25.7. The van der Waals surface area contributed by atoms with Gasteiger partial charge in [0.05, 0.1) is 5.41 Å². The summed E-state index contributed by atoms with van der Waals surface area (Å²) in [6, 6.07) is 63.3. The van der Waals surface area contributed by atoms with Crippen molar-refractivity contribution in [1.29, 1.82) is 0 Å². The number of anilines is 4. The summed E-state index contributed by atoms with van der Waals surface area (Å²) in [6.07, 6.45) is 0. The van der Waals surface area contributed by atoms with E-state index in [4.69, 9.17) is 0 Å². The summed E-state index contributed by atoms with van der Waals surface area (Å²) in [4.78, 5) is 0. The van der Waals surface area contributed by atoms with Gasteiger partial charge in [-0.3, -0.25) is 0 Å². The average molecular weight is 591 g/mol. The van der Waals surface area contributed by atoms with Crippen LogP contribution in [0.4, 0.5) is 22.7 Å². The number of benzene rings is 7. The minimum Gasteiger partial charge on any atom is -0.356 e. The third-order valence-corrected chi connectivity index (χ3v) is 9.13. The quantitative estimate of drug-likeness (QED) is 0.193. The second-order valence-corrected chi connectivity index (χ2v) is 12.0. The Morgan fingerprint density at radius 3 is 1.61 bits per heavy atom. The highest BCUT2D eigenvalue weighted by molar-refractivity contribution is 5.98. The molecule has 7 aromatic carbocycles. The predicted molar refractivity (Wildman–Crippen MR) is 193 cm³/mol. The summed E-state index contributed by atoms with van der Waals surface area (Å²) in [6.45, 7) is 2.18. The molecule has 1 aliphatic rings. The van der Waals surface area contributed by atoms with Crippen LogP contribution in [0, 0.1) is 6.92 Å². The molecular weight excluding hydrogens is 556 g/mol. The van der Waals surface area contributed by atoms with E-state index in [0.717, 1.165) is 22.7 Å². The van der Waals surface area contributed by atoms with Crippen LogP contribution < -0.4 is 10.6 Å². The van der Waals surface area contributed by atoms with Gasteiger partial charge in [0.25, 0.3) is 0 Å². The maximum absolute atomic E-state index is 3.82. The van der Waals surface area contributed by atoms with Crippen LogP contribution >= 0.6 is 0 Å². The molecule has 2 heteroatoms. The van der Waals surface area contributed by atoms with Gasteiger partial charge in [-0.25, -0.2) is 0 Å². The molecule has 2 nitrogen and oxygen atoms in total. The van der Waals surface area contributed by atoms with Crippen LogP contribution in [0.2, 0.25) is 0 Å². The van der Waals surface area contributed by atoms with Gasteiger partial charge in [-0.05, 0) is 88.3 Å². The van der Waals surface area contributed by atoms with E-state index in [-0.39, 0.29) is 0 Å². The smallest absolute Gasteiger partial charge is 0.0721 e. The molecule has 0 amide bonds. The van der Waals surface area contributed by atoms with E-state index in [1.807, 2.05) is 6.07 Å². The molecule has 0 saturated carbocycles. The summed E-state index contributed by atoms with van der Waals surface area (Å²) >= 11 is 0. The van der Waals surface area contributed by atoms with E-state index in [0.29, 0.717) is 0 Å². The van der Waals surface area contributed by atoms with Crippen molar-refractivity contribution < 1.29 is 0 Å². The fourth-order valence-electron chi connectivity index (χ4n) is 7.23. The van der Waals surface area contributed by atoms with Gasteiger partial charge < -0.3 is 10.6 Å². The number of para-hydroxylation sites is 2. The number of aryl methyl sites for hydroxylation is 1. The van der Waals surface area contributed by atoms with Crippen molar-refractivity contribution in [3.63, 3.8) is 0 Å². The molecule has 0 radical (unpaired) electrons. The van der Waals surface area contributed by atoms with Gasteiger partial charge in [0.1, 0.15) is 0 Å². The Hall–Kier alpha value is -5.86. The molecule has 0 spiro atoms. The topological polar surface area (TPSA) is 24.1 Å². The van der Waals surface area contributed by atoms with Crippen LogP contribution in [0.25, 0.3) is 22.3 Å². The lowest BCUT2D eigenvalue weighted by Crippen LogP contribution is -2.29. The highest BCUT2D eigenvalue weighted by Crippen LogP contribution is 2.60. The fraction of sp³-hybridized carbons (Fsp3) is 0.0455. The van der Waals surface area contributed by atoms with E-state index < -0.39 is 5.41 Å². The van der Waals surface area contributed by atoms with Gasteiger partial charge in [-0.15, -0.1) is 0 Å². The second kappa shape index (κ2) is 11.6. The SMILES string of the molecule is Cc1cccc(-c2c(Nc3ccccc3)ccc3c2C(c2ccccc2)(c2ccccc2)c2cc(Nc4ccccc4)ccc2-3)c1. The molecule has 0 aromatic heterocycles. The first-order chi connectivity index (χ1) is 22.7. The summed E-state index contributed by atoms with van der Waals surface area (Å²) < 4.78 is 0. The lowest BCUT2D eigenvalue weighted by molar-refractivity contribution is 0.771. The average Bonchev–Trinajstić information content (AvgIpc) is 3.40. The van der Waals surface area contributed by atoms with Crippen molar-refractivity contribution in [2.24, 2.45) is 0 Å². The Morgan fingerprint density at radius 1 is 0.435 bits per heavy atom. The van der Waals surface area contributed by atoms with Crippen molar-refractivity contribution in [3.8, 4) is 22.3 Å². The largest absolute Gasteiger partial charge is 0.356 e. The zero-order valence-corrected chi connectivity index (χ0v) is 25.7. The Labute approximate surface area is 271 Å². The molecule has 0 unspecified atom stereocenters. The molecule has 0 fully saturated rings. The number of hydrogen-bond acceptors (Lipinski definition) is 2. The van der Waals surface area contributed by atoms with Crippen molar-refractivity contribution in [2.45, 2.75) is 12.3 Å². The van der Waals surface area contributed by atoms with Crippen molar-refractivity contribution in [3.05, 3.63) is 204 Å². The van der Waals surface area contributed by atoms with Crippen LogP contribution in [-0.2, 0) is 5.41 Å². The highest BCUT2D eigenvalue weighted by Gasteiger charge is 2.48.